The smallest absolute Gasteiger partial charge is 0.200 e. The molecular weight excluding hydrogens is 536 g/mol. The van der Waals surface area contributed by atoms with E-state index >= 15 is 0 Å². The Kier molecular flexibility index (Phi) is 6.04. The van der Waals surface area contributed by atoms with Gasteiger partial charge < -0.3 is 55.4 Å². The molecule has 0 aliphatic carbocycles. The highest BCUT2D eigenvalue weighted by molar-refractivity contribution is 5.63. The summed E-state index contributed by atoms with van der Waals surface area (Å²) >= 11 is 0. The predicted molar refractivity (Wildman–Crippen MR) is 142 cm³/mol. The predicted octanol–water partition coefficient (Wildman–Crippen LogP) is 4.02. The number of fused-ring (bicyclic) bond motifs is 2. The molecule has 0 unspecified atom stereocenters. The van der Waals surface area contributed by atoms with E-state index in [4.69, 9.17) is 9.47 Å². The fourth-order valence-corrected chi connectivity index (χ4v) is 5.64. The summed E-state index contributed by atoms with van der Waals surface area (Å²) in [5.41, 5.74) is 1.49. The molecule has 212 valence electrons. The summed E-state index contributed by atoms with van der Waals surface area (Å²) in [4.78, 5) is 0. The van der Waals surface area contributed by atoms with Crippen LogP contribution in [0.15, 0.2) is 54.6 Å². The number of phenolic OH excluding ortho intramolecular Hbond substituents is 8. The van der Waals surface area contributed by atoms with Crippen molar-refractivity contribution in [2.45, 2.75) is 37.1 Å². The third kappa shape index (κ3) is 4.27. The Balaban J connectivity index is 1.50. The molecule has 0 bridgehead atoms. The third-order valence-electron chi connectivity index (χ3n) is 7.66. The zero-order valence-electron chi connectivity index (χ0n) is 21.3. The van der Waals surface area contributed by atoms with E-state index in [2.05, 4.69) is 0 Å². The van der Waals surface area contributed by atoms with E-state index < -0.39 is 41.5 Å². The van der Waals surface area contributed by atoms with Crippen molar-refractivity contribution in [1.82, 2.24) is 0 Å². The van der Waals surface area contributed by atoms with E-state index in [-0.39, 0.29) is 69.8 Å². The molecule has 9 N–H and O–H groups in total. The van der Waals surface area contributed by atoms with E-state index in [9.17, 15) is 46.0 Å². The lowest BCUT2D eigenvalue weighted by atomic mass is 9.79. The number of ether oxygens (including phenoxy) is 2. The van der Waals surface area contributed by atoms with Crippen LogP contribution in [0.2, 0.25) is 0 Å². The monoisotopic (exact) mass is 562 g/mol. The maximum absolute atomic E-state index is 11.2. The molecule has 0 spiro atoms. The zero-order valence-corrected chi connectivity index (χ0v) is 21.3. The first kappa shape index (κ1) is 26.1. The average Bonchev–Trinajstić information content (AvgIpc) is 2.93. The highest BCUT2D eigenvalue weighted by Gasteiger charge is 2.41. The van der Waals surface area contributed by atoms with E-state index in [0.717, 1.165) is 12.1 Å². The van der Waals surface area contributed by atoms with Gasteiger partial charge in [0.1, 0.15) is 34.9 Å². The van der Waals surface area contributed by atoms with Crippen LogP contribution in [0.1, 0.15) is 52.4 Å². The van der Waals surface area contributed by atoms with Crippen LogP contribution in [-0.2, 0) is 6.42 Å². The van der Waals surface area contributed by atoms with Crippen molar-refractivity contribution in [3.63, 3.8) is 0 Å². The highest BCUT2D eigenvalue weighted by atomic mass is 16.5. The van der Waals surface area contributed by atoms with Crippen molar-refractivity contribution < 1.29 is 55.4 Å². The Morgan fingerprint density at radius 1 is 0.634 bits per heavy atom. The van der Waals surface area contributed by atoms with Gasteiger partial charge in [0.15, 0.2) is 29.1 Å². The van der Waals surface area contributed by atoms with Crippen molar-refractivity contribution in [2.75, 3.05) is 0 Å². The van der Waals surface area contributed by atoms with Crippen molar-refractivity contribution in [3.05, 3.63) is 82.4 Å². The molecule has 2 heterocycles. The van der Waals surface area contributed by atoms with Crippen LogP contribution in [0.3, 0.4) is 0 Å². The van der Waals surface area contributed by atoms with Crippen molar-refractivity contribution in [3.8, 4) is 57.5 Å². The van der Waals surface area contributed by atoms with Gasteiger partial charge in [0, 0.05) is 46.7 Å². The number of rotatable bonds is 3. The topological polar surface area (TPSA) is 201 Å². The summed E-state index contributed by atoms with van der Waals surface area (Å²) in [5, 5.41) is 93.2. The Bertz CT molecular complexity index is 1680. The number of aromatic hydroxyl groups is 8. The van der Waals surface area contributed by atoms with Gasteiger partial charge in [-0.3, -0.25) is 0 Å². The van der Waals surface area contributed by atoms with E-state index in [1.165, 1.54) is 30.3 Å². The van der Waals surface area contributed by atoms with E-state index in [1.807, 2.05) is 0 Å². The molecule has 4 aromatic carbocycles. The standard InChI is InChI=1S/C30H26O11/c31-13-2-3-14-16(10-24(40-25(14)8-13)12-1-5-18(32)21(35)7-12)26-22(36)11-20(34)17-9-23(37)29(41-30(17)26)15-4-6-19(33)28(39)27(15)38/h1-8,11,16,23-24,29,31-39H,9-10H2/t16-,23-,24+,29-/m1/s1. The lowest BCUT2D eigenvalue weighted by molar-refractivity contribution is 0.0171. The van der Waals surface area contributed by atoms with Crippen molar-refractivity contribution in [1.29, 1.82) is 0 Å². The number of benzene rings is 4. The number of phenols is 8. The average molecular weight is 563 g/mol. The Labute approximate surface area is 232 Å². The molecule has 6 rings (SSSR count). The minimum Gasteiger partial charge on any atom is -0.508 e. The van der Waals surface area contributed by atoms with E-state index in [0.29, 0.717) is 11.1 Å². The van der Waals surface area contributed by atoms with Gasteiger partial charge in [0.05, 0.1) is 6.10 Å². The molecular formula is C30H26O11. The molecule has 0 radical (unpaired) electrons. The first-order valence-electron chi connectivity index (χ1n) is 12.7. The summed E-state index contributed by atoms with van der Waals surface area (Å²) in [5.74, 6) is -3.77. The minimum absolute atomic E-state index is 0.0259. The second-order valence-corrected chi connectivity index (χ2v) is 10.2. The zero-order chi connectivity index (χ0) is 29.2. The number of aliphatic hydroxyl groups is 1. The van der Waals surface area contributed by atoms with Gasteiger partial charge in [-0.15, -0.1) is 0 Å². The molecule has 41 heavy (non-hydrogen) atoms. The molecule has 11 heteroatoms. The van der Waals surface area contributed by atoms with Gasteiger partial charge >= 0.3 is 0 Å². The third-order valence-corrected chi connectivity index (χ3v) is 7.66. The molecule has 2 aliphatic rings. The fourth-order valence-electron chi connectivity index (χ4n) is 5.64. The minimum atomic E-state index is -1.28. The van der Waals surface area contributed by atoms with Crippen molar-refractivity contribution >= 4 is 0 Å². The molecule has 11 nitrogen and oxygen atoms in total. The second kappa shape index (κ2) is 9.49. The molecule has 0 fully saturated rings. The Hall–Kier alpha value is -5.16. The van der Waals surface area contributed by atoms with Gasteiger partial charge in [0.25, 0.3) is 0 Å². The largest absolute Gasteiger partial charge is 0.508 e. The van der Waals surface area contributed by atoms with Crippen LogP contribution < -0.4 is 9.47 Å². The maximum atomic E-state index is 11.2. The molecule has 0 saturated heterocycles. The lowest BCUT2D eigenvalue weighted by Crippen LogP contribution is -2.31. The van der Waals surface area contributed by atoms with Crippen LogP contribution in [0, 0.1) is 0 Å². The van der Waals surface area contributed by atoms with Crippen LogP contribution in [-0.4, -0.2) is 52.1 Å². The Morgan fingerprint density at radius 2 is 1.37 bits per heavy atom. The van der Waals surface area contributed by atoms with Gasteiger partial charge in [-0.2, -0.15) is 0 Å². The number of hydrogen-bond acceptors (Lipinski definition) is 11. The summed E-state index contributed by atoms with van der Waals surface area (Å²) < 4.78 is 12.3. The SMILES string of the molecule is Oc1ccc2c(c1)O[C@H](c1ccc(O)c(O)c1)C[C@H]2c1c(O)cc(O)c2c1O[C@H](c1ccc(O)c(O)c1O)[C@H](O)C2. The van der Waals surface area contributed by atoms with Crippen molar-refractivity contribution in [2.24, 2.45) is 0 Å². The van der Waals surface area contributed by atoms with Crippen LogP contribution >= 0.6 is 0 Å². The van der Waals surface area contributed by atoms with E-state index in [1.54, 1.807) is 12.1 Å². The lowest BCUT2D eigenvalue weighted by Gasteiger charge is -2.37. The fraction of sp³-hybridized carbons (Fsp3) is 0.200. The molecule has 2 aliphatic heterocycles. The summed E-state index contributed by atoms with van der Waals surface area (Å²) in [6.07, 6.45) is -3.20. The summed E-state index contributed by atoms with van der Waals surface area (Å²) in [7, 11) is 0. The van der Waals surface area contributed by atoms with Crippen LogP contribution in [0.4, 0.5) is 0 Å². The maximum Gasteiger partial charge on any atom is 0.200 e. The normalized spacial score (nSPS) is 21.3. The number of hydrogen-bond donors (Lipinski definition) is 9. The Morgan fingerprint density at radius 3 is 2.12 bits per heavy atom. The van der Waals surface area contributed by atoms with Crippen LogP contribution in [0.25, 0.3) is 0 Å². The first-order chi connectivity index (χ1) is 19.5. The summed E-state index contributed by atoms with van der Waals surface area (Å²) in [6.45, 7) is 0. The van der Waals surface area contributed by atoms with Gasteiger partial charge in [-0.25, -0.2) is 0 Å². The molecule has 0 saturated carbocycles. The second-order valence-electron chi connectivity index (χ2n) is 10.2. The first-order valence-corrected chi connectivity index (χ1v) is 12.7. The van der Waals surface area contributed by atoms with Gasteiger partial charge in [-0.1, -0.05) is 12.1 Å². The summed E-state index contributed by atoms with van der Waals surface area (Å²) in [6, 6.07) is 12.3. The van der Waals surface area contributed by atoms with Gasteiger partial charge in [0.2, 0.25) is 5.75 Å². The van der Waals surface area contributed by atoms with Crippen LogP contribution in [0.5, 0.6) is 57.5 Å². The molecule has 4 atom stereocenters. The molecule has 0 amide bonds. The highest BCUT2D eigenvalue weighted by Crippen LogP contribution is 2.56. The quantitative estimate of drug-likeness (QED) is 0.163. The number of aliphatic hydroxyl groups excluding tert-OH is 1. The van der Waals surface area contributed by atoms with Gasteiger partial charge in [-0.05, 0) is 42.3 Å². The molecule has 0 aromatic heterocycles. The molecule has 4 aromatic rings.